The highest BCUT2D eigenvalue weighted by molar-refractivity contribution is 5.43. The van der Waals surface area contributed by atoms with Gasteiger partial charge in [0.2, 0.25) is 0 Å². The minimum atomic E-state index is -0.162. The Balaban J connectivity index is 0.000000303. The zero-order valence-electron chi connectivity index (χ0n) is 12.5. The van der Waals surface area contributed by atoms with Gasteiger partial charge in [-0.2, -0.15) is 0 Å². The lowest BCUT2D eigenvalue weighted by molar-refractivity contribution is 0.626. The van der Waals surface area contributed by atoms with E-state index in [2.05, 4.69) is 36.5 Å². The minimum absolute atomic E-state index is 0.162. The first-order valence-corrected chi connectivity index (χ1v) is 6.58. The molecule has 104 valence electrons. The Morgan fingerprint density at radius 3 is 1.79 bits per heavy atom. The second-order valence-electron chi connectivity index (χ2n) is 3.92. The van der Waals surface area contributed by atoms with Crippen molar-refractivity contribution in [2.45, 2.75) is 27.7 Å². The van der Waals surface area contributed by atoms with Crippen LogP contribution in [0, 0.1) is 19.7 Å². The lowest BCUT2D eigenvalue weighted by Gasteiger charge is -1.97. The largest absolute Gasteiger partial charge is 0.388 e. The third-order valence-corrected chi connectivity index (χ3v) is 2.32. The number of aryl methyl sites for hydroxylation is 2. The van der Waals surface area contributed by atoms with Gasteiger partial charge in [0, 0.05) is 12.7 Å². The Bertz CT molecular complexity index is 432. The van der Waals surface area contributed by atoms with E-state index >= 15 is 0 Å². The Morgan fingerprint density at radius 1 is 0.842 bits per heavy atom. The summed E-state index contributed by atoms with van der Waals surface area (Å²) >= 11 is 0. The van der Waals surface area contributed by atoms with E-state index in [1.165, 1.54) is 23.4 Å². The molecule has 2 rings (SSSR count). The van der Waals surface area contributed by atoms with Crippen LogP contribution >= 0.6 is 0 Å². The summed E-state index contributed by atoms with van der Waals surface area (Å²) in [5.41, 5.74) is 3.43. The topological polar surface area (TPSA) is 12.0 Å². The van der Waals surface area contributed by atoms with Crippen LogP contribution in [-0.4, -0.2) is 7.05 Å². The number of rotatable bonds is 1. The van der Waals surface area contributed by atoms with Crippen LogP contribution in [-0.2, 0) is 0 Å². The van der Waals surface area contributed by atoms with Crippen molar-refractivity contribution in [2.75, 3.05) is 12.4 Å². The van der Waals surface area contributed by atoms with Crippen molar-refractivity contribution in [1.82, 2.24) is 0 Å². The van der Waals surface area contributed by atoms with Crippen LogP contribution in [0.25, 0.3) is 0 Å². The molecular weight excluding hydrogens is 237 g/mol. The molecule has 0 aliphatic rings. The molecule has 0 spiro atoms. The minimum Gasteiger partial charge on any atom is -0.388 e. The SMILES string of the molecule is CC.CNc1ccc(C)cc1.Cc1cccc(F)c1. The van der Waals surface area contributed by atoms with Gasteiger partial charge >= 0.3 is 0 Å². The van der Waals surface area contributed by atoms with Gasteiger partial charge in [0.05, 0.1) is 0 Å². The summed E-state index contributed by atoms with van der Waals surface area (Å²) in [5, 5.41) is 3.05. The average molecular weight is 261 g/mol. The molecule has 0 saturated heterocycles. The first-order valence-electron chi connectivity index (χ1n) is 6.58. The maximum absolute atomic E-state index is 12.2. The lowest BCUT2D eigenvalue weighted by atomic mass is 10.2. The monoisotopic (exact) mass is 261 g/mol. The van der Waals surface area contributed by atoms with E-state index < -0.39 is 0 Å². The zero-order chi connectivity index (χ0) is 14.7. The first kappa shape index (κ1) is 17.2. The highest BCUT2D eigenvalue weighted by Gasteiger charge is 1.85. The van der Waals surface area contributed by atoms with Crippen molar-refractivity contribution in [3.05, 3.63) is 65.5 Å². The maximum atomic E-state index is 12.2. The van der Waals surface area contributed by atoms with Crippen LogP contribution in [0.1, 0.15) is 25.0 Å². The number of nitrogens with one attached hydrogen (secondary N) is 1. The summed E-state index contributed by atoms with van der Waals surface area (Å²) in [6, 6.07) is 14.8. The molecule has 0 aliphatic heterocycles. The van der Waals surface area contributed by atoms with Gasteiger partial charge in [0.1, 0.15) is 5.82 Å². The van der Waals surface area contributed by atoms with Crippen LogP contribution in [0.5, 0.6) is 0 Å². The smallest absolute Gasteiger partial charge is 0.123 e. The molecule has 0 radical (unpaired) electrons. The molecule has 19 heavy (non-hydrogen) atoms. The maximum Gasteiger partial charge on any atom is 0.123 e. The molecule has 1 nitrogen and oxygen atoms in total. The van der Waals surface area contributed by atoms with Gasteiger partial charge in [-0.3, -0.25) is 0 Å². The third-order valence-electron chi connectivity index (χ3n) is 2.32. The molecular formula is C17H24FN. The van der Waals surface area contributed by atoms with Crippen molar-refractivity contribution in [3.63, 3.8) is 0 Å². The average Bonchev–Trinajstić information content (AvgIpc) is 2.42. The second-order valence-corrected chi connectivity index (χ2v) is 3.92. The van der Waals surface area contributed by atoms with Gasteiger partial charge in [0.25, 0.3) is 0 Å². The quantitative estimate of drug-likeness (QED) is 0.744. The molecule has 2 aromatic carbocycles. The van der Waals surface area contributed by atoms with Gasteiger partial charge in [-0.1, -0.05) is 43.7 Å². The van der Waals surface area contributed by atoms with E-state index in [1.807, 2.05) is 33.9 Å². The van der Waals surface area contributed by atoms with Crippen molar-refractivity contribution >= 4 is 5.69 Å². The number of hydrogen-bond acceptors (Lipinski definition) is 1. The highest BCUT2D eigenvalue weighted by Crippen LogP contribution is 2.06. The van der Waals surface area contributed by atoms with Gasteiger partial charge in [0.15, 0.2) is 0 Å². The van der Waals surface area contributed by atoms with Gasteiger partial charge in [-0.05, 0) is 43.7 Å². The fourth-order valence-corrected chi connectivity index (χ4v) is 1.33. The molecule has 0 fully saturated rings. The molecule has 0 aliphatic carbocycles. The molecule has 0 saturated carbocycles. The fourth-order valence-electron chi connectivity index (χ4n) is 1.33. The fraction of sp³-hybridized carbons (Fsp3) is 0.294. The Labute approximate surface area is 116 Å². The molecule has 2 aromatic rings. The van der Waals surface area contributed by atoms with Gasteiger partial charge in [-0.25, -0.2) is 4.39 Å². The molecule has 0 unspecified atom stereocenters. The van der Waals surface area contributed by atoms with Crippen LogP contribution in [0.4, 0.5) is 10.1 Å². The van der Waals surface area contributed by atoms with E-state index in [4.69, 9.17) is 0 Å². The molecule has 0 atom stereocenters. The molecule has 2 heteroatoms. The lowest BCUT2D eigenvalue weighted by Crippen LogP contribution is -1.85. The van der Waals surface area contributed by atoms with Crippen molar-refractivity contribution < 1.29 is 4.39 Å². The van der Waals surface area contributed by atoms with E-state index in [9.17, 15) is 4.39 Å². The van der Waals surface area contributed by atoms with Crippen LogP contribution in [0.3, 0.4) is 0 Å². The van der Waals surface area contributed by atoms with E-state index in [0.717, 1.165) is 5.56 Å². The number of hydrogen-bond donors (Lipinski definition) is 1. The van der Waals surface area contributed by atoms with Crippen molar-refractivity contribution in [2.24, 2.45) is 0 Å². The summed E-state index contributed by atoms with van der Waals surface area (Å²) in [5.74, 6) is -0.162. The van der Waals surface area contributed by atoms with Gasteiger partial charge < -0.3 is 5.32 Å². The molecule has 0 amide bonds. The molecule has 0 bridgehead atoms. The Hall–Kier alpha value is -1.83. The third kappa shape index (κ3) is 7.98. The number of halogens is 1. The second kappa shape index (κ2) is 10.1. The van der Waals surface area contributed by atoms with Crippen molar-refractivity contribution in [3.8, 4) is 0 Å². The summed E-state index contributed by atoms with van der Waals surface area (Å²) in [6.45, 7) is 7.95. The van der Waals surface area contributed by atoms with Crippen LogP contribution in [0.15, 0.2) is 48.5 Å². The van der Waals surface area contributed by atoms with Gasteiger partial charge in [-0.15, -0.1) is 0 Å². The summed E-state index contributed by atoms with van der Waals surface area (Å²) in [6.07, 6.45) is 0. The molecule has 0 heterocycles. The molecule has 1 N–H and O–H groups in total. The van der Waals surface area contributed by atoms with Crippen molar-refractivity contribution in [1.29, 1.82) is 0 Å². The molecule has 0 aromatic heterocycles. The Morgan fingerprint density at radius 2 is 1.42 bits per heavy atom. The normalized spacial score (nSPS) is 8.53. The number of benzene rings is 2. The summed E-state index contributed by atoms with van der Waals surface area (Å²) in [4.78, 5) is 0. The van der Waals surface area contributed by atoms with E-state index in [-0.39, 0.29) is 5.82 Å². The summed E-state index contributed by atoms with van der Waals surface area (Å²) < 4.78 is 12.2. The Kier molecular flexibility index (Phi) is 9.15. The predicted octanol–water partition coefficient (Wildman–Crippen LogP) is 5.20. The predicted molar refractivity (Wildman–Crippen MR) is 83.2 cm³/mol. The zero-order valence-corrected chi connectivity index (χ0v) is 12.5. The number of anilines is 1. The van der Waals surface area contributed by atoms with Crippen LogP contribution in [0.2, 0.25) is 0 Å². The standard InChI is InChI=1S/C8H11N.C7H7F.C2H6/c1-7-3-5-8(9-2)6-4-7;1-6-3-2-4-7(8)5-6;1-2/h3-6,9H,1-2H3;2-5H,1H3;1-2H3. The van der Waals surface area contributed by atoms with E-state index in [1.54, 1.807) is 6.07 Å². The highest BCUT2D eigenvalue weighted by atomic mass is 19.1. The summed E-state index contributed by atoms with van der Waals surface area (Å²) in [7, 11) is 1.92. The first-order chi connectivity index (χ1) is 9.11. The van der Waals surface area contributed by atoms with E-state index in [0.29, 0.717) is 0 Å². The van der Waals surface area contributed by atoms with Crippen LogP contribution < -0.4 is 5.32 Å².